The van der Waals surface area contributed by atoms with Crippen molar-refractivity contribution in [2.75, 3.05) is 19.6 Å². The molecule has 8 N–H and O–H groups in total. The van der Waals surface area contributed by atoms with E-state index in [1.165, 1.54) is 17.9 Å². The van der Waals surface area contributed by atoms with E-state index >= 15 is 0 Å². The van der Waals surface area contributed by atoms with E-state index in [-0.39, 0.29) is 37.2 Å². The molecule has 4 rings (SSSR count). The number of amides is 5. The average molecular weight is 622 g/mol. The number of carboxylic acids is 1. The van der Waals surface area contributed by atoms with Crippen LogP contribution in [0.25, 0.3) is 0 Å². The van der Waals surface area contributed by atoms with Gasteiger partial charge < -0.3 is 46.3 Å². The zero-order valence-electron chi connectivity index (χ0n) is 22.4. The highest BCUT2D eigenvalue weighted by Gasteiger charge is 2.43. The molecule has 2 heterocycles. The highest BCUT2D eigenvalue weighted by molar-refractivity contribution is 6.47. The summed E-state index contributed by atoms with van der Waals surface area (Å²) in [5, 5.41) is 44.1. The highest BCUT2D eigenvalue weighted by Crippen LogP contribution is 2.38. The van der Waals surface area contributed by atoms with Crippen molar-refractivity contribution in [3.63, 3.8) is 0 Å². The van der Waals surface area contributed by atoms with Gasteiger partial charge in [0.2, 0.25) is 5.91 Å². The minimum Gasteiger partial charge on any atom is -0.534 e. The maximum Gasteiger partial charge on any atom is 0.547 e. The molecule has 0 bridgehead atoms. The zero-order chi connectivity index (χ0) is 31.7. The first-order valence-corrected chi connectivity index (χ1v) is 13.2. The monoisotopic (exact) mass is 621 g/mol. The Hall–Kier alpha value is -4.61. The van der Waals surface area contributed by atoms with Crippen LogP contribution >= 0.6 is 11.6 Å². The summed E-state index contributed by atoms with van der Waals surface area (Å²) in [5.74, 6) is -9.11. The lowest BCUT2D eigenvalue weighted by Gasteiger charge is -2.38. The average Bonchev–Trinajstić information content (AvgIpc) is 2.94. The number of phenols is 2. The van der Waals surface area contributed by atoms with E-state index in [0.29, 0.717) is 4.90 Å². The van der Waals surface area contributed by atoms with Gasteiger partial charge in [-0.25, -0.2) is 14.0 Å². The van der Waals surface area contributed by atoms with E-state index < -0.39 is 88.5 Å². The van der Waals surface area contributed by atoms with Gasteiger partial charge in [-0.3, -0.25) is 19.3 Å². The first-order chi connectivity index (χ1) is 20.3. The molecule has 2 aliphatic heterocycles. The van der Waals surface area contributed by atoms with E-state index in [9.17, 15) is 48.7 Å². The number of piperazine rings is 1. The summed E-state index contributed by atoms with van der Waals surface area (Å²) in [4.78, 5) is 65.6. The molecule has 1 saturated heterocycles. The van der Waals surface area contributed by atoms with Crippen molar-refractivity contribution in [3.8, 4) is 17.2 Å². The number of carbonyl (C=O) groups is 5. The summed E-state index contributed by atoms with van der Waals surface area (Å²) in [6.07, 6.45) is -0.231. The molecule has 2 aliphatic rings. The standard InChI is InChI=1S/C25H26BClFN5O10/c1-10-9-32(7-6-29)22(37)23(38)33(10)25(41)31-18(12-3-5-14(34)19(35)17(12)27)21(36)30-15-8-11-2-4-13(28)16(24(39)40)20(11)43-26(15)42/h2-5,10,15,18,34-35,42H,6-9,29H2,1H3,(H,30,36)(H,31,41)(H,39,40)/t10-,15-,18+/m0/s1. The maximum absolute atomic E-state index is 14.1. The number of carboxylic acid groups (broad SMARTS) is 1. The number of benzene rings is 2. The summed E-state index contributed by atoms with van der Waals surface area (Å²) < 4.78 is 19.3. The van der Waals surface area contributed by atoms with E-state index in [4.69, 9.17) is 22.0 Å². The van der Waals surface area contributed by atoms with Crippen molar-refractivity contribution in [1.29, 1.82) is 0 Å². The van der Waals surface area contributed by atoms with Crippen molar-refractivity contribution in [2.24, 2.45) is 5.73 Å². The third kappa shape index (κ3) is 6.00. The molecule has 0 aliphatic carbocycles. The van der Waals surface area contributed by atoms with Crippen molar-refractivity contribution < 1.29 is 53.4 Å². The predicted molar refractivity (Wildman–Crippen MR) is 146 cm³/mol. The number of halogens is 2. The second kappa shape index (κ2) is 12.3. The number of fused-ring (bicyclic) bond motifs is 1. The molecule has 228 valence electrons. The molecule has 5 amide bonds. The number of nitrogens with one attached hydrogen (secondary N) is 2. The van der Waals surface area contributed by atoms with Crippen LogP contribution in [0.3, 0.4) is 0 Å². The van der Waals surface area contributed by atoms with Gasteiger partial charge in [-0.1, -0.05) is 23.7 Å². The molecule has 2 aromatic rings. The molecular weight excluding hydrogens is 596 g/mol. The van der Waals surface area contributed by atoms with Crippen molar-refractivity contribution >= 4 is 48.4 Å². The number of nitrogens with zero attached hydrogens (tertiary/aromatic N) is 2. The van der Waals surface area contributed by atoms with Crippen LogP contribution in [0.1, 0.15) is 34.5 Å². The minimum atomic E-state index is -1.87. The minimum absolute atomic E-state index is 0.0310. The molecule has 0 radical (unpaired) electrons. The molecule has 43 heavy (non-hydrogen) atoms. The molecule has 18 heteroatoms. The Morgan fingerprint density at radius 3 is 2.56 bits per heavy atom. The number of phenolic OH excluding ortho intramolecular Hbond substituents is 2. The highest BCUT2D eigenvalue weighted by atomic mass is 35.5. The number of urea groups is 1. The van der Waals surface area contributed by atoms with Gasteiger partial charge in [0.15, 0.2) is 11.5 Å². The Balaban J connectivity index is 1.63. The van der Waals surface area contributed by atoms with Gasteiger partial charge >= 0.3 is 30.9 Å². The second-order valence-corrected chi connectivity index (χ2v) is 10.2. The van der Waals surface area contributed by atoms with E-state index in [1.54, 1.807) is 0 Å². The van der Waals surface area contributed by atoms with Crippen LogP contribution in [0.4, 0.5) is 9.18 Å². The summed E-state index contributed by atoms with van der Waals surface area (Å²) in [6, 6.07) is 0.416. The summed E-state index contributed by atoms with van der Waals surface area (Å²) in [7, 11) is -1.87. The number of hydrogen-bond donors (Lipinski definition) is 7. The van der Waals surface area contributed by atoms with Gasteiger partial charge in [0, 0.05) is 25.2 Å². The molecule has 2 aromatic carbocycles. The number of nitrogens with two attached hydrogens (primary N) is 1. The van der Waals surface area contributed by atoms with Crippen LogP contribution in [0, 0.1) is 5.82 Å². The molecule has 0 spiro atoms. The fraction of sp³-hybridized carbons (Fsp3) is 0.320. The molecule has 0 saturated carbocycles. The van der Waals surface area contributed by atoms with Crippen LogP contribution in [-0.4, -0.2) is 98.6 Å². The largest absolute Gasteiger partial charge is 0.547 e. The molecule has 3 atom stereocenters. The molecule has 15 nitrogen and oxygen atoms in total. The zero-order valence-corrected chi connectivity index (χ0v) is 23.2. The van der Waals surface area contributed by atoms with Gasteiger partial charge in [0.05, 0.1) is 17.0 Å². The van der Waals surface area contributed by atoms with Crippen LogP contribution in [0.5, 0.6) is 17.2 Å². The molecule has 0 aromatic heterocycles. The van der Waals surface area contributed by atoms with E-state index in [0.717, 1.165) is 18.2 Å². The van der Waals surface area contributed by atoms with Crippen molar-refractivity contribution in [3.05, 3.63) is 51.8 Å². The van der Waals surface area contributed by atoms with Gasteiger partial charge in [-0.05, 0) is 31.0 Å². The maximum atomic E-state index is 14.1. The topological polar surface area (TPSA) is 232 Å². The lowest BCUT2D eigenvalue weighted by molar-refractivity contribution is -0.155. The summed E-state index contributed by atoms with van der Waals surface area (Å²) >= 11 is 6.18. The number of carbonyl (C=O) groups excluding carboxylic acids is 4. The molecule has 1 fully saturated rings. The third-order valence-electron chi connectivity index (χ3n) is 6.95. The van der Waals surface area contributed by atoms with Gasteiger partial charge in [0.1, 0.15) is 23.2 Å². The number of hydrogen-bond acceptors (Lipinski definition) is 10. The summed E-state index contributed by atoms with van der Waals surface area (Å²) in [5.41, 5.74) is 4.58. The predicted octanol–water partition coefficient (Wildman–Crippen LogP) is -0.503. The van der Waals surface area contributed by atoms with Gasteiger partial charge in [-0.15, -0.1) is 0 Å². The first-order valence-electron chi connectivity index (χ1n) is 12.8. The van der Waals surface area contributed by atoms with Gasteiger partial charge in [0.25, 0.3) is 0 Å². The smallest absolute Gasteiger partial charge is 0.534 e. The quantitative estimate of drug-likeness (QED) is 0.118. The fourth-order valence-corrected chi connectivity index (χ4v) is 5.13. The Kier molecular flexibility index (Phi) is 8.98. The van der Waals surface area contributed by atoms with E-state index in [2.05, 4.69) is 10.6 Å². The van der Waals surface area contributed by atoms with Crippen LogP contribution in [-0.2, 0) is 20.8 Å². The SMILES string of the molecule is C[C@H]1CN(CCN)C(=O)C(=O)N1C(=O)N[C@@H](C(=O)N[C@H]1Cc2ccc(F)c(C(=O)O)c2OB1O)c1ccc(O)c(O)c1Cl. The molecule has 0 unspecified atom stereocenters. The Morgan fingerprint density at radius 1 is 1.21 bits per heavy atom. The number of aromatic hydroxyl groups is 2. The van der Waals surface area contributed by atoms with Gasteiger partial charge in [-0.2, -0.15) is 0 Å². The van der Waals surface area contributed by atoms with Crippen molar-refractivity contribution in [2.45, 2.75) is 31.4 Å². The van der Waals surface area contributed by atoms with Crippen LogP contribution in [0.2, 0.25) is 5.02 Å². The Morgan fingerprint density at radius 2 is 1.91 bits per heavy atom. The van der Waals surface area contributed by atoms with Crippen LogP contribution in [0.15, 0.2) is 24.3 Å². The van der Waals surface area contributed by atoms with E-state index in [1.807, 2.05) is 0 Å². The Bertz CT molecular complexity index is 1510. The lowest BCUT2D eigenvalue weighted by Crippen LogP contribution is -2.63. The first kappa shape index (κ1) is 31.3. The number of imide groups is 1. The van der Waals surface area contributed by atoms with Crippen molar-refractivity contribution in [1.82, 2.24) is 20.4 Å². The Labute approximate surface area is 248 Å². The number of aromatic carboxylic acids is 1. The second-order valence-electron chi connectivity index (χ2n) is 9.83. The lowest BCUT2D eigenvalue weighted by atomic mass is 9.72. The normalized spacial score (nSPS) is 19.0. The van der Waals surface area contributed by atoms with Crippen LogP contribution < -0.4 is 21.0 Å². The third-order valence-corrected chi connectivity index (χ3v) is 7.35. The molecular formula is C25H26BClFN5O10. The fourth-order valence-electron chi connectivity index (χ4n) is 4.86. The number of rotatable bonds is 7. The summed E-state index contributed by atoms with van der Waals surface area (Å²) in [6.45, 7) is 1.62.